The number of aromatic hydroxyl groups is 1. The molecule has 88 valence electrons. The lowest BCUT2D eigenvalue weighted by molar-refractivity contribution is 0.150. The first-order chi connectivity index (χ1) is 7.47. The van der Waals surface area contributed by atoms with Gasteiger partial charge in [0, 0.05) is 6.42 Å². The van der Waals surface area contributed by atoms with Crippen LogP contribution in [0.25, 0.3) is 0 Å². The lowest BCUT2D eigenvalue weighted by atomic mass is 10.0. The van der Waals surface area contributed by atoms with E-state index >= 15 is 0 Å². The van der Waals surface area contributed by atoms with Crippen molar-refractivity contribution in [3.8, 4) is 11.5 Å². The molecule has 1 fully saturated rings. The molecule has 0 aliphatic heterocycles. The average molecular weight is 243 g/mol. The van der Waals surface area contributed by atoms with Gasteiger partial charge in [-0.3, -0.25) is 0 Å². The van der Waals surface area contributed by atoms with Crippen LogP contribution in [-0.4, -0.2) is 22.9 Å². The Morgan fingerprint density at radius 2 is 2.12 bits per heavy atom. The first-order valence-electron chi connectivity index (χ1n) is 5.24. The van der Waals surface area contributed by atoms with Crippen molar-refractivity contribution in [1.29, 1.82) is 0 Å². The molecule has 0 unspecified atom stereocenters. The third-order valence-corrected chi connectivity index (χ3v) is 3.49. The lowest BCUT2D eigenvalue weighted by Crippen LogP contribution is -2.12. The molecule has 0 amide bonds. The number of hydrogen-bond donors (Lipinski definition) is 2. The van der Waals surface area contributed by atoms with Gasteiger partial charge in [-0.05, 0) is 37.0 Å². The largest absolute Gasteiger partial charge is 0.503 e. The Labute approximate surface area is 99.6 Å². The van der Waals surface area contributed by atoms with Crippen LogP contribution in [0.4, 0.5) is 0 Å². The molecule has 1 aromatic carbocycles. The predicted molar refractivity (Wildman–Crippen MR) is 62.3 cm³/mol. The fourth-order valence-electron chi connectivity index (χ4n) is 1.80. The van der Waals surface area contributed by atoms with E-state index in [1.807, 2.05) is 6.92 Å². The molecule has 0 heterocycles. The smallest absolute Gasteiger partial charge is 0.177 e. The SMILES string of the molecule is COc1cc(C)c(CC2(O)CC2)c(Cl)c1O. The number of hydrogen-bond acceptors (Lipinski definition) is 3. The van der Waals surface area contributed by atoms with Crippen LogP contribution >= 0.6 is 11.6 Å². The second-order valence-electron chi connectivity index (χ2n) is 4.44. The van der Waals surface area contributed by atoms with Gasteiger partial charge in [-0.25, -0.2) is 0 Å². The van der Waals surface area contributed by atoms with Crippen molar-refractivity contribution in [2.24, 2.45) is 0 Å². The second-order valence-corrected chi connectivity index (χ2v) is 4.82. The molecule has 1 aromatic rings. The average Bonchev–Trinajstić information content (AvgIpc) is 2.97. The van der Waals surface area contributed by atoms with Gasteiger partial charge in [0.25, 0.3) is 0 Å². The van der Waals surface area contributed by atoms with Gasteiger partial charge < -0.3 is 14.9 Å². The quantitative estimate of drug-likeness (QED) is 0.856. The Bertz CT molecular complexity index is 425. The van der Waals surface area contributed by atoms with Crippen LogP contribution < -0.4 is 4.74 Å². The zero-order valence-electron chi connectivity index (χ0n) is 9.38. The van der Waals surface area contributed by atoms with Crippen molar-refractivity contribution < 1.29 is 14.9 Å². The molecule has 0 spiro atoms. The molecule has 1 aliphatic rings. The number of benzene rings is 1. The second kappa shape index (κ2) is 3.82. The number of phenolic OH excluding ortho intramolecular Hbond substituents is 1. The molecule has 0 bridgehead atoms. The summed E-state index contributed by atoms with van der Waals surface area (Å²) in [6, 6.07) is 1.74. The number of aliphatic hydroxyl groups is 1. The van der Waals surface area contributed by atoms with E-state index in [2.05, 4.69) is 0 Å². The van der Waals surface area contributed by atoms with E-state index in [0.717, 1.165) is 24.0 Å². The lowest BCUT2D eigenvalue weighted by Gasteiger charge is -2.15. The molecule has 16 heavy (non-hydrogen) atoms. The monoisotopic (exact) mass is 242 g/mol. The fraction of sp³-hybridized carbons (Fsp3) is 0.500. The third kappa shape index (κ3) is 1.97. The summed E-state index contributed by atoms with van der Waals surface area (Å²) in [5.74, 6) is 0.322. The zero-order valence-corrected chi connectivity index (χ0v) is 10.1. The number of phenols is 1. The van der Waals surface area contributed by atoms with E-state index in [-0.39, 0.29) is 10.8 Å². The minimum atomic E-state index is -0.616. The van der Waals surface area contributed by atoms with Crippen LogP contribution in [0.1, 0.15) is 24.0 Å². The summed E-state index contributed by atoms with van der Waals surface area (Å²) in [6.45, 7) is 1.90. The summed E-state index contributed by atoms with van der Waals surface area (Å²) in [6.07, 6.45) is 2.10. The van der Waals surface area contributed by atoms with Gasteiger partial charge in [-0.1, -0.05) is 11.6 Å². The van der Waals surface area contributed by atoms with Gasteiger partial charge in [0.2, 0.25) is 0 Å². The normalized spacial score (nSPS) is 17.2. The van der Waals surface area contributed by atoms with E-state index in [1.165, 1.54) is 7.11 Å². The first-order valence-corrected chi connectivity index (χ1v) is 5.62. The number of aryl methyl sites for hydroxylation is 1. The Balaban J connectivity index is 2.41. The van der Waals surface area contributed by atoms with Crippen molar-refractivity contribution in [3.63, 3.8) is 0 Å². The Hall–Kier alpha value is -0.930. The molecule has 3 nitrogen and oxygen atoms in total. The third-order valence-electron chi connectivity index (χ3n) is 3.08. The summed E-state index contributed by atoms with van der Waals surface area (Å²) < 4.78 is 5.01. The molecular formula is C12H15ClO3. The fourth-order valence-corrected chi connectivity index (χ4v) is 2.11. The highest BCUT2D eigenvalue weighted by atomic mass is 35.5. The number of methoxy groups -OCH3 is 1. The standard InChI is InChI=1S/C12H15ClO3/c1-7-5-9(16-2)11(14)10(13)8(7)6-12(15)3-4-12/h5,14-15H,3-4,6H2,1-2H3. The Kier molecular flexibility index (Phi) is 2.76. The predicted octanol–water partition coefficient (Wildman–Crippen LogP) is 2.43. The van der Waals surface area contributed by atoms with Gasteiger partial charge in [0.1, 0.15) is 0 Å². The van der Waals surface area contributed by atoms with Crippen LogP contribution in [0, 0.1) is 6.92 Å². The van der Waals surface area contributed by atoms with E-state index in [1.54, 1.807) is 6.07 Å². The molecular weight excluding hydrogens is 228 g/mol. The highest BCUT2D eigenvalue weighted by Crippen LogP contribution is 2.44. The van der Waals surface area contributed by atoms with E-state index in [9.17, 15) is 10.2 Å². The van der Waals surface area contributed by atoms with Crippen LogP contribution in [0.5, 0.6) is 11.5 Å². The number of rotatable bonds is 3. The van der Waals surface area contributed by atoms with Gasteiger partial charge in [0.15, 0.2) is 11.5 Å². The number of halogens is 1. The van der Waals surface area contributed by atoms with Crippen LogP contribution in [0.3, 0.4) is 0 Å². The van der Waals surface area contributed by atoms with E-state index < -0.39 is 5.60 Å². The maximum Gasteiger partial charge on any atom is 0.177 e. The van der Waals surface area contributed by atoms with Crippen molar-refractivity contribution in [1.82, 2.24) is 0 Å². The van der Waals surface area contributed by atoms with E-state index in [4.69, 9.17) is 16.3 Å². The zero-order chi connectivity index (χ0) is 11.9. The van der Waals surface area contributed by atoms with Gasteiger partial charge in [-0.2, -0.15) is 0 Å². The van der Waals surface area contributed by atoms with Gasteiger partial charge in [0.05, 0.1) is 17.7 Å². The van der Waals surface area contributed by atoms with Crippen molar-refractivity contribution in [3.05, 3.63) is 22.2 Å². The molecule has 0 atom stereocenters. The molecule has 1 saturated carbocycles. The topological polar surface area (TPSA) is 49.7 Å². The number of ether oxygens (including phenoxy) is 1. The van der Waals surface area contributed by atoms with Crippen molar-refractivity contribution in [2.75, 3.05) is 7.11 Å². The highest BCUT2D eigenvalue weighted by Gasteiger charge is 2.41. The molecule has 0 radical (unpaired) electrons. The summed E-state index contributed by atoms with van der Waals surface area (Å²) >= 11 is 6.08. The summed E-state index contributed by atoms with van der Waals surface area (Å²) in [4.78, 5) is 0. The van der Waals surface area contributed by atoms with Crippen LogP contribution in [0.15, 0.2) is 6.07 Å². The molecule has 4 heteroatoms. The van der Waals surface area contributed by atoms with Crippen LogP contribution in [0.2, 0.25) is 5.02 Å². The van der Waals surface area contributed by atoms with Gasteiger partial charge >= 0.3 is 0 Å². The highest BCUT2D eigenvalue weighted by molar-refractivity contribution is 6.33. The van der Waals surface area contributed by atoms with Crippen LogP contribution in [-0.2, 0) is 6.42 Å². The summed E-state index contributed by atoms with van der Waals surface area (Å²) in [5.41, 5.74) is 1.12. The van der Waals surface area contributed by atoms with E-state index in [0.29, 0.717) is 12.2 Å². The summed E-state index contributed by atoms with van der Waals surface area (Å²) in [7, 11) is 1.49. The Morgan fingerprint density at radius 1 is 1.50 bits per heavy atom. The maximum atomic E-state index is 9.88. The Morgan fingerprint density at radius 3 is 2.62 bits per heavy atom. The molecule has 2 rings (SSSR count). The van der Waals surface area contributed by atoms with Crippen molar-refractivity contribution in [2.45, 2.75) is 31.8 Å². The molecule has 1 aliphatic carbocycles. The molecule has 2 N–H and O–H groups in total. The van der Waals surface area contributed by atoms with Gasteiger partial charge in [-0.15, -0.1) is 0 Å². The van der Waals surface area contributed by atoms with Crippen molar-refractivity contribution >= 4 is 11.6 Å². The maximum absolute atomic E-state index is 9.88. The molecule has 0 saturated heterocycles. The first kappa shape index (κ1) is 11.6. The minimum absolute atomic E-state index is 0.0472. The summed E-state index contributed by atoms with van der Waals surface area (Å²) in [5, 5.41) is 19.9. The molecule has 0 aromatic heterocycles. The minimum Gasteiger partial charge on any atom is -0.503 e.